The van der Waals surface area contributed by atoms with Crippen molar-refractivity contribution in [2.24, 2.45) is 7.05 Å². The molecule has 0 fully saturated rings. The summed E-state index contributed by atoms with van der Waals surface area (Å²) in [6, 6.07) is 19.6. The van der Waals surface area contributed by atoms with Crippen LogP contribution >= 0.6 is 0 Å². The standard InChI is InChI=1S/C18H15NO/c1-19-16(13-15-9-5-6-10-17(15)19)11-12-18(20)14-7-3-2-4-8-14/h2-13H,1H3. The highest BCUT2D eigenvalue weighted by Gasteiger charge is 2.04. The molecular formula is C18H15NO. The normalized spacial score (nSPS) is 11.2. The fraction of sp³-hybridized carbons (Fsp3) is 0.0556. The third-order valence-corrected chi connectivity index (χ3v) is 3.45. The first kappa shape index (κ1) is 12.4. The third-order valence-electron chi connectivity index (χ3n) is 3.45. The van der Waals surface area contributed by atoms with Gasteiger partial charge in [-0.15, -0.1) is 0 Å². The van der Waals surface area contributed by atoms with Crippen LogP contribution in [0.5, 0.6) is 0 Å². The molecule has 0 aliphatic carbocycles. The Morgan fingerprint density at radius 1 is 1.00 bits per heavy atom. The summed E-state index contributed by atoms with van der Waals surface area (Å²) < 4.78 is 2.09. The van der Waals surface area contributed by atoms with Crippen molar-refractivity contribution >= 4 is 22.8 Å². The van der Waals surface area contributed by atoms with Gasteiger partial charge in [0.25, 0.3) is 0 Å². The molecule has 3 rings (SSSR count). The minimum atomic E-state index is 0.0239. The van der Waals surface area contributed by atoms with Crippen molar-refractivity contribution in [2.75, 3.05) is 0 Å². The molecule has 2 nitrogen and oxygen atoms in total. The van der Waals surface area contributed by atoms with E-state index in [0.29, 0.717) is 5.56 Å². The Balaban J connectivity index is 1.91. The van der Waals surface area contributed by atoms with E-state index in [4.69, 9.17) is 0 Å². The maximum atomic E-state index is 12.0. The average Bonchev–Trinajstić information content (AvgIpc) is 2.83. The molecule has 0 saturated carbocycles. The average molecular weight is 261 g/mol. The van der Waals surface area contributed by atoms with Crippen molar-refractivity contribution in [3.05, 3.63) is 78.0 Å². The van der Waals surface area contributed by atoms with Gasteiger partial charge in [-0.25, -0.2) is 0 Å². The number of allylic oxidation sites excluding steroid dienone is 1. The highest BCUT2D eigenvalue weighted by Crippen LogP contribution is 2.19. The van der Waals surface area contributed by atoms with Crippen LogP contribution in [-0.2, 0) is 7.05 Å². The van der Waals surface area contributed by atoms with E-state index < -0.39 is 0 Å². The minimum Gasteiger partial charge on any atom is -0.344 e. The van der Waals surface area contributed by atoms with Crippen LogP contribution in [0.4, 0.5) is 0 Å². The molecule has 2 aromatic carbocycles. The first-order valence-corrected chi connectivity index (χ1v) is 6.57. The number of rotatable bonds is 3. The van der Waals surface area contributed by atoms with Gasteiger partial charge in [-0.1, -0.05) is 48.5 Å². The van der Waals surface area contributed by atoms with E-state index in [0.717, 1.165) is 5.69 Å². The van der Waals surface area contributed by atoms with Gasteiger partial charge in [0.1, 0.15) is 0 Å². The molecule has 20 heavy (non-hydrogen) atoms. The predicted octanol–water partition coefficient (Wildman–Crippen LogP) is 4.07. The van der Waals surface area contributed by atoms with Crippen LogP contribution in [0.1, 0.15) is 16.1 Å². The number of aryl methyl sites for hydroxylation is 1. The molecule has 3 aromatic rings. The lowest BCUT2D eigenvalue weighted by molar-refractivity contribution is 0.104. The molecule has 0 spiro atoms. The Morgan fingerprint density at radius 2 is 1.70 bits per heavy atom. The number of aromatic nitrogens is 1. The number of hydrogen-bond donors (Lipinski definition) is 0. The molecule has 0 radical (unpaired) electrons. The highest BCUT2D eigenvalue weighted by molar-refractivity contribution is 6.06. The number of ketones is 1. The number of hydrogen-bond acceptors (Lipinski definition) is 1. The third kappa shape index (κ3) is 2.28. The molecule has 0 aliphatic rings. The summed E-state index contributed by atoms with van der Waals surface area (Å²) in [7, 11) is 2.01. The Hall–Kier alpha value is -2.61. The van der Waals surface area contributed by atoms with Gasteiger partial charge in [0, 0.05) is 29.2 Å². The SMILES string of the molecule is Cn1c(C=CC(=O)c2ccccc2)cc2ccccc21. The summed E-state index contributed by atoms with van der Waals surface area (Å²) in [5.74, 6) is 0.0239. The maximum Gasteiger partial charge on any atom is 0.185 e. The van der Waals surface area contributed by atoms with Crippen LogP contribution in [-0.4, -0.2) is 10.4 Å². The zero-order valence-electron chi connectivity index (χ0n) is 11.3. The van der Waals surface area contributed by atoms with E-state index in [9.17, 15) is 4.79 Å². The highest BCUT2D eigenvalue weighted by atomic mass is 16.1. The zero-order chi connectivity index (χ0) is 13.9. The van der Waals surface area contributed by atoms with Crippen molar-refractivity contribution in [3.8, 4) is 0 Å². The lowest BCUT2D eigenvalue weighted by Crippen LogP contribution is -1.94. The number of nitrogens with zero attached hydrogens (tertiary/aromatic N) is 1. The van der Waals surface area contributed by atoms with Crippen LogP contribution < -0.4 is 0 Å². The van der Waals surface area contributed by atoms with E-state index in [-0.39, 0.29) is 5.78 Å². The molecule has 98 valence electrons. The largest absolute Gasteiger partial charge is 0.344 e. The van der Waals surface area contributed by atoms with Gasteiger partial charge in [-0.05, 0) is 24.3 Å². The number of carbonyl (C=O) groups excluding carboxylic acids is 1. The molecule has 1 heterocycles. The quantitative estimate of drug-likeness (QED) is 0.514. The predicted molar refractivity (Wildman–Crippen MR) is 82.7 cm³/mol. The second-order valence-corrected chi connectivity index (χ2v) is 4.75. The van der Waals surface area contributed by atoms with E-state index in [1.54, 1.807) is 6.08 Å². The van der Waals surface area contributed by atoms with Gasteiger partial charge in [0.2, 0.25) is 0 Å². The molecule has 1 aromatic heterocycles. The summed E-state index contributed by atoms with van der Waals surface area (Å²) >= 11 is 0. The molecule has 2 heteroatoms. The Labute approximate surface area is 118 Å². The fourth-order valence-electron chi connectivity index (χ4n) is 2.33. The van der Waals surface area contributed by atoms with Crippen molar-refractivity contribution in [1.82, 2.24) is 4.57 Å². The van der Waals surface area contributed by atoms with E-state index in [1.165, 1.54) is 10.9 Å². The van der Waals surface area contributed by atoms with Gasteiger partial charge in [0.15, 0.2) is 5.78 Å². The van der Waals surface area contributed by atoms with Gasteiger partial charge in [-0.3, -0.25) is 4.79 Å². The number of carbonyl (C=O) groups is 1. The second kappa shape index (κ2) is 5.17. The van der Waals surface area contributed by atoms with E-state index in [1.807, 2.05) is 55.6 Å². The summed E-state index contributed by atoms with van der Waals surface area (Å²) in [5, 5.41) is 1.18. The van der Waals surface area contributed by atoms with Crippen molar-refractivity contribution in [1.29, 1.82) is 0 Å². The van der Waals surface area contributed by atoms with Crippen LogP contribution in [0.2, 0.25) is 0 Å². The molecular weight excluding hydrogens is 246 g/mol. The molecule has 0 aliphatic heterocycles. The van der Waals surface area contributed by atoms with Crippen LogP contribution in [0, 0.1) is 0 Å². The molecule has 0 amide bonds. The lowest BCUT2D eigenvalue weighted by Gasteiger charge is -1.99. The second-order valence-electron chi connectivity index (χ2n) is 4.75. The van der Waals surface area contributed by atoms with Crippen LogP contribution in [0.15, 0.2) is 66.7 Å². The molecule has 0 saturated heterocycles. The molecule has 0 unspecified atom stereocenters. The fourth-order valence-corrected chi connectivity index (χ4v) is 2.33. The first-order valence-electron chi connectivity index (χ1n) is 6.57. The monoisotopic (exact) mass is 261 g/mol. The lowest BCUT2D eigenvalue weighted by atomic mass is 10.1. The molecule has 0 atom stereocenters. The van der Waals surface area contributed by atoms with Crippen molar-refractivity contribution in [2.45, 2.75) is 0 Å². The summed E-state index contributed by atoms with van der Waals surface area (Å²) in [6.07, 6.45) is 3.50. The Kier molecular flexibility index (Phi) is 3.21. The zero-order valence-corrected chi connectivity index (χ0v) is 11.3. The number of benzene rings is 2. The van der Waals surface area contributed by atoms with E-state index >= 15 is 0 Å². The molecule has 0 N–H and O–H groups in total. The van der Waals surface area contributed by atoms with Crippen LogP contribution in [0.25, 0.3) is 17.0 Å². The maximum absolute atomic E-state index is 12.0. The molecule has 0 bridgehead atoms. The Morgan fingerprint density at radius 3 is 2.45 bits per heavy atom. The van der Waals surface area contributed by atoms with Gasteiger partial charge < -0.3 is 4.57 Å². The van der Waals surface area contributed by atoms with Crippen LogP contribution in [0.3, 0.4) is 0 Å². The number of fused-ring (bicyclic) bond motifs is 1. The van der Waals surface area contributed by atoms with Crippen molar-refractivity contribution in [3.63, 3.8) is 0 Å². The van der Waals surface area contributed by atoms with E-state index in [2.05, 4.69) is 22.8 Å². The summed E-state index contributed by atoms with van der Waals surface area (Å²) in [5.41, 5.74) is 2.90. The summed E-state index contributed by atoms with van der Waals surface area (Å²) in [6.45, 7) is 0. The summed E-state index contributed by atoms with van der Waals surface area (Å²) in [4.78, 5) is 12.0. The number of para-hydroxylation sites is 1. The van der Waals surface area contributed by atoms with Crippen molar-refractivity contribution < 1.29 is 4.79 Å². The van der Waals surface area contributed by atoms with Gasteiger partial charge in [-0.2, -0.15) is 0 Å². The Bertz CT molecular complexity index is 782. The topological polar surface area (TPSA) is 22.0 Å². The van der Waals surface area contributed by atoms with Gasteiger partial charge >= 0.3 is 0 Å². The van der Waals surface area contributed by atoms with Gasteiger partial charge in [0.05, 0.1) is 0 Å². The first-order chi connectivity index (χ1) is 9.75. The minimum absolute atomic E-state index is 0.0239. The smallest absolute Gasteiger partial charge is 0.185 e.